The van der Waals surface area contributed by atoms with Crippen LogP contribution in [-0.4, -0.2) is 50.5 Å². The minimum absolute atomic E-state index is 0.0240. The van der Waals surface area contributed by atoms with Crippen molar-refractivity contribution in [3.05, 3.63) is 48.3 Å². The summed E-state index contributed by atoms with van der Waals surface area (Å²) in [6, 6.07) is 8.83. The molecule has 0 saturated carbocycles. The van der Waals surface area contributed by atoms with E-state index in [0.717, 1.165) is 11.3 Å². The second-order valence-electron chi connectivity index (χ2n) is 5.89. The monoisotopic (exact) mass is 312 g/mol. The summed E-state index contributed by atoms with van der Waals surface area (Å²) in [5.74, 6) is -0.0515. The van der Waals surface area contributed by atoms with Crippen molar-refractivity contribution in [2.24, 2.45) is 0 Å². The van der Waals surface area contributed by atoms with Crippen LogP contribution in [0.5, 0.6) is 0 Å². The van der Waals surface area contributed by atoms with Gasteiger partial charge in [0.15, 0.2) is 0 Å². The molecule has 2 heterocycles. The van der Waals surface area contributed by atoms with Crippen LogP contribution in [-0.2, 0) is 16.1 Å². The maximum atomic E-state index is 12.5. The van der Waals surface area contributed by atoms with Crippen LogP contribution in [0, 0.1) is 0 Å². The van der Waals surface area contributed by atoms with Gasteiger partial charge in [-0.15, -0.1) is 0 Å². The lowest BCUT2D eigenvalue weighted by atomic mass is 10.1. The first-order valence-corrected chi connectivity index (χ1v) is 7.65. The van der Waals surface area contributed by atoms with Crippen LogP contribution in [0.15, 0.2) is 42.7 Å². The maximum Gasteiger partial charge on any atom is 0.246 e. The number of benzene rings is 1. The third kappa shape index (κ3) is 2.72. The van der Waals surface area contributed by atoms with E-state index in [1.807, 2.05) is 36.5 Å². The molecule has 0 radical (unpaired) electrons. The molecule has 2 atom stereocenters. The summed E-state index contributed by atoms with van der Waals surface area (Å²) < 4.78 is 1.77. The second kappa shape index (κ2) is 5.87. The van der Waals surface area contributed by atoms with Crippen LogP contribution < -0.4 is 0 Å². The molecule has 0 unspecified atom stereocenters. The number of piperazine rings is 1. The Bertz CT molecular complexity index is 726. The smallest absolute Gasteiger partial charge is 0.246 e. The third-order valence-corrected chi connectivity index (χ3v) is 4.43. The molecular weight excluding hydrogens is 292 g/mol. The van der Waals surface area contributed by atoms with Crippen molar-refractivity contribution < 1.29 is 9.59 Å². The van der Waals surface area contributed by atoms with Crippen LogP contribution in [0.3, 0.4) is 0 Å². The van der Waals surface area contributed by atoms with Crippen molar-refractivity contribution in [2.75, 3.05) is 7.05 Å². The molecule has 6 heteroatoms. The highest BCUT2D eigenvalue weighted by Gasteiger charge is 2.39. The molecule has 0 bridgehead atoms. The summed E-state index contributed by atoms with van der Waals surface area (Å²) in [6.07, 6.45) is 3.59. The van der Waals surface area contributed by atoms with Gasteiger partial charge in [-0.1, -0.05) is 12.1 Å². The van der Waals surface area contributed by atoms with E-state index in [0.29, 0.717) is 6.54 Å². The average molecular weight is 312 g/mol. The molecular formula is C17H20N4O2. The van der Waals surface area contributed by atoms with E-state index in [4.69, 9.17) is 0 Å². The van der Waals surface area contributed by atoms with Crippen molar-refractivity contribution >= 4 is 11.8 Å². The van der Waals surface area contributed by atoms with Gasteiger partial charge in [0.2, 0.25) is 11.8 Å². The van der Waals surface area contributed by atoms with E-state index in [2.05, 4.69) is 5.10 Å². The second-order valence-corrected chi connectivity index (χ2v) is 5.89. The molecule has 2 aromatic rings. The zero-order valence-electron chi connectivity index (χ0n) is 13.5. The number of likely N-dealkylation sites (N-methyl/N-ethyl adjacent to an activating group) is 1. The number of hydrogen-bond acceptors (Lipinski definition) is 3. The largest absolute Gasteiger partial charge is 0.332 e. The molecule has 0 aliphatic carbocycles. The third-order valence-electron chi connectivity index (χ3n) is 4.43. The van der Waals surface area contributed by atoms with Gasteiger partial charge in [-0.3, -0.25) is 9.59 Å². The minimum atomic E-state index is -0.447. The molecule has 1 aliphatic rings. The van der Waals surface area contributed by atoms with E-state index < -0.39 is 12.1 Å². The van der Waals surface area contributed by atoms with Gasteiger partial charge in [-0.05, 0) is 37.6 Å². The van der Waals surface area contributed by atoms with Gasteiger partial charge in [0, 0.05) is 26.0 Å². The Morgan fingerprint density at radius 1 is 1.09 bits per heavy atom. The molecule has 3 rings (SSSR count). The Morgan fingerprint density at radius 2 is 1.87 bits per heavy atom. The molecule has 0 N–H and O–H groups in total. The Labute approximate surface area is 135 Å². The van der Waals surface area contributed by atoms with E-state index in [-0.39, 0.29) is 11.8 Å². The van der Waals surface area contributed by atoms with Crippen LogP contribution >= 0.6 is 0 Å². The van der Waals surface area contributed by atoms with Gasteiger partial charge >= 0.3 is 0 Å². The first-order chi connectivity index (χ1) is 11.0. The van der Waals surface area contributed by atoms with Gasteiger partial charge < -0.3 is 9.80 Å². The number of nitrogens with zero attached hydrogens (tertiary/aromatic N) is 4. The van der Waals surface area contributed by atoms with Crippen LogP contribution in [0.1, 0.15) is 19.4 Å². The molecule has 1 fully saturated rings. The van der Waals surface area contributed by atoms with Crippen molar-refractivity contribution in [1.29, 1.82) is 0 Å². The predicted octanol–water partition coefficient (Wildman–Crippen LogP) is 1.45. The van der Waals surface area contributed by atoms with Crippen molar-refractivity contribution in [2.45, 2.75) is 32.5 Å². The first kappa shape index (κ1) is 15.3. The SMILES string of the molecule is C[C@H]1C(=O)N(Cc2cccc(-n3cccn3)c2)[C@@H](C)C(=O)N1C. The summed E-state index contributed by atoms with van der Waals surface area (Å²) in [7, 11) is 1.68. The fraction of sp³-hybridized carbons (Fsp3) is 0.353. The van der Waals surface area contributed by atoms with Crippen LogP contribution in [0.25, 0.3) is 5.69 Å². The van der Waals surface area contributed by atoms with Crippen molar-refractivity contribution in [3.63, 3.8) is 0 Å². The Kier molecular flexibility index (Phi) is 3.90. The number of carbonyl (C=O) groups is 2. The molecule has 1 aliphatic heterocycles. The van der Waals surface area contributed by atoms with Crippen LogP contribution in [0.2, 0.25) is 0 Å². The quantitative estimate of drug-likeness (QED) is 0.862. The maximum absolute atomic E-state index is 12.5. The standard InChI is InChI=1S/C17H20N4O2/c1-12-17(23)20(13(2)16(22)19(12)3)11-14-6-4-7-15(10-14)21-9-5-8-18-21/h4-10,12-13H,11H2,1-3H3/t12-,13-/m0/s1. The zero-order valence-corrected chi connectivity index (χ0v) is 13.5. The van der Waals surface area contributed by atoms with Gasteiger partial charge in [-0.2, -0.15) is 5.10 Å². The summed E-state index contributed by atoms with van der Waals surface area (Å²) >= 11 is 0. The molecule has 120 valence electrons. The molecule has 1 saturated heterocycles. The summed E-state index contributed by atoms with van der Waals surface area (Å²) in [6.45, 7) is 3.96. The zero-order chi connectivity index (χ0) is 16.6. The normalized spacial score (nSPS) is 21.9. The molecule has 1 aromatic carbocycles. The highest BCUT2D eigenvalue weighted by molar-refractivity contribution is 5.96. The minimum Gasteiger partial charge on any atom is -0.332 e. The summed E-state index contributed by atoms with van der Waals surface area (Å²) in [5, 5.41) is 4.21. The summed E-state index contributed by atoms with van der Waals surface area (Å²) in [4.78, 5) is 27.9. The van der Waals surface area contributed by atoms with Crippen LogP contribution in [0.4, 0.5) is 0 Å². The molecule has 0 spiro atoms. The van der Waals surface area contributed by atoms with Gasteiger partial charge in [0.05, 0.1) is 5.69 Å². The molecule has 2 amide bonds. The topological polar surface area (TPSA) is 58.4 Å². The lowest BCUT2D eigenvalue weighted by molar-refractivity contribution is -0.159. The van der Waals surface area contributed by atoms with Gasteiger partial charge in [0.25, 0.3) is 0 Å². The Balaban J connectivity index is 1.85. The highest BCUT2D eigenvalue weighted by Crippen LogP contribution is 2.20. The fourth-order valence-electron chi connectivity index (χ4n) is 2.85. The number of rotatable bonds is 3. The van der Waals surface area contributed by atoms with Gasteiger partial charge in [0.1, 0.15) is 12.1 Å². The van der Waals surface area contributed by atoms with E-state index in [9.17, 15) is 9.59 Å². The molecule has 6 nitrogen and oxygen atoms in total. The van der Waals surface area contributed by atoms with Crippen molar-refractivity contribution in [1.82, 2.24) is 19.6 Å². The Morgan fingerprint density at radius 3 is 2.57 bits per heavy atom. The first-order valence-electron chi connectivity index (χ1n) is 7.65. The lowest BCUT2D eigenvalue weighted by Crippen LogP contribution is -2.61. The average Bonchev–Trinajstić information content (AvgIpc) is 3.10. The fourth-order valence-corrected chi connectivity index (χ4v) is 2.85. The van der Waals surface area contributed by atoms with Gasteiger partial charge in [-0.25, -0.2) is 4.68 Å². The Hall–Kier alpha value is -2.63. The van der Waals surface area contributed by atoms with E-state index >= 15 is 0 Å². The van der Waals surface area contributed by atoms with Crippen molar-refractivity contribution in [3.8, 4) is 5.69 Å². The highest BCUT2D eigenvalue weighted by atomic mass is 16.2. The molecule has 1 aromatic heterocycles. The number of carbonyl (C=O) groups excluding carboxylic acids is 2. The summed E-state index contributed by atoms with van der Waals surface area (Å²) in [5.41, 5.74) is 1.91. The number of aromatic nitrogens is 2. The molecule has 23 heavy (non-hydrogen) atoms. The number of hydrogen-bond donors (Lipinski definition) is 0. The van der Waals surface area contributed by atoms with E-state index in [1.165, 1.54) is 4.90 Å². The van der Waals surface area contributed by atoms with E-state index in [1.54, 1.807) is 36.7 Å². The lowest BCUT2D eigenvalue weighted by Gasteiger charge is -2.41. The number of amides is 2. The predicted molar refractivity (Wildman–Crippen MR) is 85.8 cm³/mol.